The largest absolute Gasteiger partial charge is 0.402 e. The second kappa shape index (κ2) is 6.31. The molecule has 0 aliphatic rings. The van der Waals surface area contributed by atoms with Gasteiger partial charge in [-0.25, -0.2) is 12.8 Å². The first-order chi connectivity index (χ1) is 9.43. The van der Waals surface area contributed by atoms with Gasteiger partial charge in [-0.05, 0) is 30.5 Å². The molecule has 0 fully saturated rings. The van der Waals surface area contributed by atoms with Gasteiger partial charge in [0.05, 0.1) is 4.90 Å². The summed E-state index contributed by atoms with van der Waals surface area (Å²) in [5.74, 6) is -1.06. The number of rotatable bonds is 5. The van der Waals surface area contributed by atoms with E-state index in [1.54, 1.807) is 13.8 Å². The Morgan fingerprint density at radius 3 is 2.24 bits per heavy atom. The number of sulfonamides is 1. The molecule has 0 saturated carbocycles. The number of halogens is 4. The Bertz CT molecular complexity index is 597. The maximum Gasteiger partial charge on any atom is 0.402 e. The summed E-state index contributed by atoms with van der Waals surface area (Å²) in [6.45, 7) is 2.76. The van der Waals surface area contributed by atoms with E-state index in [2.05, 4.69) is 0 Å². The van der Waals surface area contributed by atoms with Gasteiger partial charge in [0.15, 0.2) is 0 Å². The van der Waals surface area contributed by atoms with Crippen LogP contribution in [0, 0.1) is 18.7 Å². The molecule has 120 valence electrons. The lowest BCUT2D eigenvalue weighted by atomic mass is 10.2. The highest BCUT2D eigenvalue weighted by atomic mass is 32.2. The highest BCUT2D eigenvalue weighted by molar-refractivity contribution is 7.89. The monoisotopic (exact) mass is 327 g/mol. The van der Waals surface area contributed by atoms with Gasteiger partial charge >= 0.3 is 6.18 Å². The molecule has 0 aromatic heterocycles. The summed E-state index contributed by atoms with van der Waals surface area (Å²) in [7, 11) is -4.40. The van der Waals surface area contributed by atoms with Crippen molar-refractivity contribution in [3.8, 4) is 0 Å². The number of nitrogens with zero attached hydrogens (tertiary/aromatic N) is 1. The van der Waals surface area contributed by atoms with Crippen LogP contribution in [0.25, 0.3) is 0 Å². The molecule has 1 aromatic rings. The van der Waals surface area contributed by atoms with Crippen LogP contribution in [-0.4, -0.2) is 32.0 Å². The lowest BCUT2D eigenvalue weighted by Crippen LogP contribution is -2.41. The van der Waals surface area contributed by atoms with E-state index in [9.17, 15) is 26.0 Å². The van der Waals surface area contributed by atoms with E-state index in [1.165, 1.54) is 13.0 Å². The summed E-state index contributed by atoms with van der Waals surface area (Å²) in [5, 5.41) is 0. The molecule has 0 heterocycles. The maximum atomic E-state index is 13.5. The van der Waals surface area contributed by atoms with Gasteiger partial charge in [0, 0.05) is 6.54 Å². The van der Waals surface area contributed by atoms with E-state index in [4.69, 9.17) is 0 Å². The third kappa shape index (κ3) is 4.96. The Morgan fingerprint density at radius 2 is 1.81 bits per heavy atom. The average molecular weight is 327 g/mol. The lowest BCUT2D eigenvalue weighted by molar-refractivity contribution is -0.136. The van der Waals surface area contributed by atoms with E-state index >= 15 is 0 Å². The third-order valence-electron chi connectivity index (χ3n) is 2.71. The summed E-state index contributed by atoms with van der Waals surface area (Å²) < 4.78 is 76.0. The molecule has 0 bridgehead atoms. The molecule has 3 nitrogen and oxygen atoms in total. The molecule has 0 N–H and O–H groups in total. The summed E-state index contributed by atoms with van der Waals surface area (Å²) in [6, 6.07) is 3.08. The highest BCUT2D eigenvalue weighted by Gasteiger charge is 2.37. The van der Waals surface area contributed by atoms with Crippen molar-refractivity contribution in [3.05, 3.63) is 29.6 Å². The first-order valence-corrected chi connectivity index (χ1v) is 7.70. The van der Waals surface area contributed by atoms with Crippen molar-refractivity contribution in [1.82, 2.24) is 4.31 Å². The quantitative estimate of drug-likeness (QED) is 0.778. The molecule has 0 saturated heterocycles. The summed E-state index contributed by atoms with van der Waals surface area (Å²) in [4.78, 5) is -0.476. The average Bonchev–Trinajstić information content (AvgIpc) is 2.29. The van der Waals surface area contributed by atoms with Crippen molar-refractivity contribution in [2.24, 2.45) is 5.92 Å². The zero-order chi connectivity index (χ0) is 16.4. The lowest BCUT2D eigenvalue weighted by Gasteiger charge is -2.25. The van der Waals surface area contributed by atoms with Crippen molar-refractivity contribution in [2.45, 2.75) is 31.8 Å². The molecule has 0 aliphatic carbocycles. The Labute approximate surface area is 121 Å². The van der Waals surface area contributed by atoms with Crippen LogP contribution >= 0.6 is 0 Å². The van der Waals surface area contributed by atoms with Crippen molar-refractivity contribution < 1.29 is 26.0 Å². The molecule has 0 aliphatic heterocycles. The molecule has 1 aromatic carbocycles. The second-order valence-electron chi connectivity index (χ2n) is 5.22. The van der Waals surface area contributed by atoms with Crippen molar-refractivity contribution in [3.63, 3.8) is 0 Å². The van der Waals surface area contributed by atoms with Gasteiger partial charge in [-0.3, -0.25) is 0 Å². The fraction of sp³-hybridized carbons (Fsp3) is 0.538. The predicted molar refractivity (Wildman–Crippen MR) is 70.8 cm³/mol. The van der Waals surface area contributed by atoms with Gasteiger partial charge in [0.25, 0.3) is 0 Å². The molecule has 0 unspecified atom stereocenters. The normalized spacial score (nSPS) is 13.2. The minimum atomic E-state index is -4.66. The molecule has 0 atom stereocenters. The van der Waals surface area contributed by atoms with Crippen molar-refractivity contribution in [2.75, 3.05) is 13.1 Å². The van der Waals surface area contributed by atoms with Crippen LogP contribution in [0.3, 0.4) is 0 Å². The number of aryl methyl sites for hydroxylation is 1. The number of hydrogen-bond donors (Lipinski definition) is 0. The number of hydrogen-bond acceptors (Lipinski definition) is 2. The van der Waals surface area contributed by atoms with Gasteiger partial charge in [0.1, 0.15) is 12.4 Å². The fourth-order valence-electron chi connectivity index (χ4n) is 1.74. The Morgan fingerprint density at radius 1 is 1.24 bits per heavy atom. The fourth-order valence-corrected chi connectivity index (χ4v) is 3.34. The minimum absolute atomic E-state index is 0.222. The molecule has 0 spiro atoms. The summed E-state index contributed by atoms with van der Waals surface area (Å²) >= 11 is 0. The predicted octanol–water partition coefficient (Wildman–Crippen LogP) is 3.34. The van der Waals surface area contributed by atoms with Gasteiger partial charge in [0.2, 0.25) is 10.0 Å². The van der Waals surface area contributed by atoms with Crippen LogP contribution in [0.5, 0.6) is 0 Å². The first-order valence-electron chi connectivity index (χ1n) is 6.26. The third-order valence-corrected chi connectivity index (χ3v) is 4.51. The smallest absolute Gasteiger partial charge is 0.207 e. The molecular weight excluding hydrogens is 310 g/mol. The number of alkyl halides is 3. The zero-order valence-corrected chi connectivity index (χ0v) is 12.7. The maximum absolute atomic E-state index is 13.5. The molecule has 21 heavy (non-hydrogen) atoms. The van der Waals surface area contributed by atoms with Crippen LogP contribution in [0.1, 0.15) is 19.4 Å². The van der Waals surface area contributed by atoms with Crippen molar-refractivity contribution in [1.29, 1.82) is 0 Å². The Hall–Kier alpha value is -1.15. The number of benzene rings is 1. The molecular formula is C13H17F4NO2S. The van der Waals surface area contributed by atoms with E-state index < -0.39 is 33.5 Å². The molecule has 0 radical (unpaired) electrons. The van der Waals surface area contributed by atoms with Crippen LogP contribution in [0.2, 0.25) is 0 Å². The van der Waals surface area contributed by atoms with Gasteiger partial charge in [-0.2, -0.15) is 17.5 Å². The standard InChI is InChI=1S/C13H17F4NO2S/c1-9(2)7-18(8-13(15,16)17)21(19,20)11-5-4-10(3)12(14)6-11/h4-6,9H,7-8H2,1-3H3. The van der Waals surface area contributed by atoms with Gasteiger partial charge in [-0.15, -0.1) is 0 Å². The highest BCUT2D eigenvalue weighted by Crippen LogP contribution is 2.24. The SMILES string of the molecule is Cc1ccc(S(=O)(=O)N(CC(C)C)CC(F)(F)F)cc1F. The first kappa shape index (κ1) is 17.9. The Kier molecular flexibility index (Phi) is 5.38. The molecule has 0 amide bonds. The van der Waals surface area contributed by atoms with Crippen LogP contribution in [0.4, 0.5) is 17.6 Å². The van der Waals surface area contributed by atoms with Crippen LogP contribution in [0.15, 0.2) is 23.1 Å². The summed E-state index contributed by atoms with van der Waals surface area (Å²) in [6.07, 6.45) is -4.66. The van der Waals surface area contributed by atoms with E-state index in [-0.39, 0.29) is 18.0 Å². The molecule has 8 heteroatoms. The van der Waals surface area contributed by atoms with Crippen LogP contribution in [-0.2, 0) is 10.0 Å². The van der Waals surface area contributed by atoms with Gasteiger partial charge < -0.3 is 0 Å². The minimum Gasteiger partial charge on any atom is -0.207 e. The molecule has 1 rings (SSSR count). The van der Waals surface area contributed by atoms with E-state index in [0.29, 0.717) is 4.31 Å². The topological polar surface area (TPSA) is 37.4 Å². The zero-order valence-electron chi connectivity index (χ0n) is 11.9. The second-order valence-corrected chi connectivity index (χ2v) is 7.16. The van der Waals surface area contributed by atoms with E-state index in [1.807, 2.05) is 0 Å². The van der Waals surface area contributed by atoms with Gasteiger partial charge in [-0.1, -0.05) is 19.9 Å². The van der Waals surface area contributed by atoms with Crippen molar-refractivity contribution >= 4 is 10.0 Å². The van der Waals surface area contributed by atoms with Crippen LogP contribution < -0.4 is 0 Å². The Balaban J connectivity index is 3.22. The van der Waals surface area contributed by atoms with E-state index in [0.717, 1.165) is 12.1 Å². The summed E-state index contributed by atoms with van der Waals surface area (Å²) in [5.41, 5.74) is 0.222.